The fourth-order valence-electron chi connectivity index (χ4n) is 4.25. The van der Waals surface area contributed by atoms with Gasteiger partial charge in [0, 0.05) is 23.5 Å². The van der Waals surface area contributed by atoms with Gasteiger partial charge < -0.3 is 10.6 Å². The van der Waals surface area contributed by atoms with Crippen molar-refractivity contribution >= 4 is 29.2 Å². The number of hydrogen-bond acceptors (Lipinski definition) is 5. The van der Waals surface area contributed by atoms with E-state index in [0.29, 0.717) is 6.42 Å². The van der Waals surface area contributed by atoms with Crippen LogP contribution >= 0.6 is 11.3 Å². The first kappa shape index (κ1) is 20.5. The number of hydrogen-bond donors (Lipinski definition) is 2. The Morgan fingerprint density at radius 1 is 1.20 bits per heavy atom. The molecule has 3 heterocycles. The number of pyridine rings is 1. The SMILES string of the molecule is O=C(C[C@H]1NC(=O)N(C2CCCCC2)C1=O)N[C@@H](Cc1cccs1)c1ccccn1. The van der Waals surface area contributed by atoms with Crippen molar-refractivity contribution in [3.63, 3.8) is 0 Å². The average molecular weight is 427 g/mol. The molecule has 1 saturated heterocycles. The largest absolute Gasteiger partial charge is 0.347 e. The van der Waals surface area contributed by atoms with E-state index in [9.17, 15) is 14.4 Å². The van der Waals surface area contributed by atoms with Crippen LogP contribution in [0.2, 0.25) is 0 Å². The first-order valence-electron chi connectivity index (χ1n) is 10.5. The Hall–Kier alpha value is -2.74. The second-order valence-electron chi connectivity index (χ2n) is 7.86. The maximum Gasteiger partial charge on any atom is 0.325 e. The number of nitrogens with zero attached hydrogens (tertiary/aromatic N) is 2. The first-order chi connectivity index (χ1) is 14.6. The standard InChI is InChI=1S/C22H26N4O3S/c27-20(14-19-21(28)26(22(29)25-19)15-7-2-1-3-8-15)24-18(13-16-9-6-12-30-16)17-10-4-5-11-23-17/h4-6,9-12,15,18-19H,1-3,7-8,13-14H2,(H,24,27)(H,25,29)/t18-,19+/m0/s1. The van der Waals surface area contributed by atoms with Crippen molar-refractivity contribution in [2.45, 2.75) is 63.1 Å². The van der Waals surface area contributed by atoms with Gasteiger partial charge in [0.05, 0.1) is 18.2 Å². The highest BCUT2D eigenvalue weighted by molar-refractivity contribution is 7.09. The van der Waals surface area contributed by atoms with Gasteiger partial charge in [-0.05, 0) is 36.4 Å². The van der Waals surface area contributed by atoms with Gasteiger partial charge in [0.2, 0.25) is 5.91 Å². The van der Waals surface area contributed by atoms with Crippen molar-refractivity contribution in [2.75, 3.05) is 0 Å². The monoisotopic (exact) mass is 426 g/mol. The second kappa shape index (κ2) is 9.38. The molecular formula is C22H26N4O3S. The van der Waals surface area contributed by atoms with Gasteiger partial charge in [0.1, 0.15) is 6.04 Å². The first-order valence-corrected chi connectivity index (χ1v) is 11.4. The second-order valence-corrected chi connectivity index (χ2v) is 8.90. The third-order valence-corrected chi connectivity index (χ3v) is 6.65. The zero-order valence-electron chi connectivity index (χ0n) is 16.8. The number of amides is 4. The van der Waals surface area contributed by atoms with Crippen molar-refractivity contribution in [1.29, 1.82) is 0 Å². The molecule has 0 aromatic carbocycles. The Kier molecular flexibility index (Phi) is 6.42. The van der Waals surface area contributed by atoms with Crippen molar-refractivity contribution < 1.29 is 14.4 Å². The molecule has 2 aromatic heterocycles. The lowest BCUT2D eigenvalue weighted by molar-refractivity contribution is -0.132. The van der Waals surface area contributed by atoms with Crippen molar-refractivity contribution in [2.24, 2.45) is 0 Å². The Morgan fingerprint density at radius 3 is 2.73 bits per heavy atom. The lowest BCUT2D eigenvalue weighted by Gasteiger charge is -2.28. The van der Waals surface area contributed by atoms with E-state index in [2.05, 4.69) is 15.6 Å². The van der Waals surface area contributed by atoms with E-state index in [0.717, 1.165) is 42.7 Å². The van der Waals surface area contributed by atoms with Crippen LogP contribution in [0.1, 0.15) is 55.1 Å². The Balaban J connectivity index is 1.40. The summed E-state index contributed by atoms with van der Waals surface area (Å²) < 4.78 is 0. The smallest absolute Gasteiger partial charge is 0.325 e. The third-order valence-electron chi connectivity index (χ3n) is 5.75. The molecule has 8 heteroatoms. The maximum absolute atomic E-state index is 12.8. The van der Waals surface area contributed by atoms with E-state index in [-0.39, 0.29) is 36.3 Å². The molecule has 0 spiro atoms. The molecule has 2 aromatic rings. The van der Waals surface area contributed by atoms with Gasteiger partial charge in [-0.3, -0.25) is 19.5 Å². The van der Waals surface area contributed by atoms with Crippen LogP contribution in [0.25, 0.3) is 0 Å². The van der Waals surface area contributed by atoms with E-state index in [4.69, 9.17) is 0 Å². The summed E-state index contributed by atoms with van der Waals surface area (Å²) in [5.41, 5.74) is 0.768. The molecular weight excluding hydrogens is 400 g/mol. The minimum absolute atomic E-state index is 0.0422. The van der Waals surface area contributed by atoms with Gasteiger partial charge in [0.15, 0.2) is 0 Å². The highest BCUT2D eigenvalue weighted by atomic mass is 32.1. The molecule has 1 saturated carbocycles. The number of carbonyl (C=O) groups is 3. The molecule has 2 N–H and O–H groups in total. The maximum atomic E-state index is 12.8. The average Bonchev–Trinajstić information content (AvgIpc) is 3.36. The summed E-state index contributed by atoms with van der Waals surface area (Å²) in [6.07, 6.45) is 7.15. The van der Waals surface area contributed by atoms with Crippen LogP contribution in [-0.2, 0) is 16.0 Å². The van der Waals surface area contributed by atoms with E-state index < -0.39 is 6.04 Å². The molecule has 158 valence electrons. The molecule has 4 amide bonds. The van der Waals surface area contributed by atoms with Crippen LogP contribution in [0, 0.1) is 0 Å². The molecule has 2 atom stereocenters. The molecule has 4 rings (SSSR count). The van der Waals surface area contributed by atoms with Crippen LogP contribution in [-0.4, -0.2) is 39.8 Å². The van der Waals surface area contributed by atoms with Gasteiger partial charge in [0.25, 0.3) is 5.91 Å². The van der Waals surface area contributed by atoms with Crippen LogP contribution in [0.5, 0.6) is 0 Å². The number of aromatic nitrogens is 1. The van der Waals surface area contributed by atoms with Crippen LogP contribution in [0.15, 0.2) is 41.9 Å². The summed E-state index contributed by atoms with van der Waals surface area (Å²) in [6, 6.07) is 8.10. The number of carbonyl (C=O) groups excluding carboxylic acids is 3. The molecule has 0 radical (unpaired) electrons. The summed E-state index contributed by atoms with van der Waals surface area (Å²) in [5.74, 6) is -0.555. The Labute approximate surface area is 179 Å². The molecule has 0 unspecified atom stereocenters. The Bertz CT molecular complexity index is 881. The van der Waals surface area contributed by atoms with Gasteiger partial charge in [-0.2, -0.15) is 0 Å². The summed E-state index contributed by atoms with van der Waals surface area (Å²) in [4.78, 5) is 44.9. The third kappa shape index (κ3) is 4.70. The molecule has 30 heavy (non-hydrogen) atoms. The van der Waals surface area contributed by atoms with E-state index in [1.54, 1.807) is 17.5 Å². The van der Waals surface area contributed by atoms with E-state index in [1.807, 2.05) is 35.7 Å². The number of thiophene rings is 1. The summed E-state index contributed by atoms with van der Waals surface area (Å²) in [7, 11) is 0. The van der Waals surface area contributed by atoms with Crippen molar-refractivity contribution in [1.82, 2.24) is 20.5 Å². The highest BCUT2D eigenvalue weighted by Gasteiger charge is 2.43. The summed E-state index contributed by atoms with van der Waals surface area (Å²) >= 11 is 1.63. The fraction of sp³-hybridized carbons (Fsp3) is 0.455. The predicted octanol–water partition coefficient (Wildman–Crippen LogP) is 3.19. The predicted molar refractivity (Wildman–Crippen MR) is 114 cm³/mol. The van der Waals surface area contributed by atoms with E-state index >= 15 is 0 Å². The summed E-state index contributed by atoms with van der Waals surface area (Å²) in [6.45, 7) is 0. The molecule has 2 aliphatic rings. The number of urea groups is 1. The molecule has 1 aliphatic heterocycles. The topological polar surface area (TPSA) is 91.4 Å². The van der Waals surface area contributed by atoms with Gasteiger partial charge in [-0.25, -0.2) is 4.79 Å². The quantitative estimate of drug-likeness (QED) is 0.665. The fourth-order valence-corrected chi connectivity index (χ4v) is 5.00. The zero-order chi connectivity index (χ0) is 20.9. The highest BCUT2D eigenvalue weighted by Crippen LogP contribution is 2.26. The molecule has 7 nitrogen and oxygen atoms in total. The van der Waals surface area contributed by atoms with Crippen LogP contribution < -0.4 is 10.6 Å². The normalized spacial score (nSPS) is 20.8. The minimum atomic E-state index is -0.800. The van der Waals surface area contributed by atoms with Crippen molar-refractivity contribution in [3.05, 3.63) is 52.5 Å². The number of imide groups is 1. The van der Waals surface area contributed by atoms with Crippen LogP contribution in [0.4, 0.5) is 4.79 Å². The molecule has 0 bridgehead atoms. The van der Waals surface area contributed by atoms with Gasteiger partial charge in [-0.1, -0.05) is 31.4 Å². The lowest BCUT2D eigenvalue weighted by atomic mass is 9.94. The van der Waals surface area contributed by atoms with Crippen LogP contribution in [0.3, 0.4) is 0 Å². The van der Waals surface area contributed by atoms with Gasteiger partial charge in [-0.15, -0.1) is 11.3 Å². The molecule has 2 fully saturated rings. The Morgan fingerprint density at radius 2 is 2.03 bits per heavy atom. The number of rotatable bonds is 7. The summed E-state index contributed by atoms with van der Waals surface area (Å²) in [5, 5.41) is 7.71. The number of nitrogens with one attached hydrogen (secondary N) is 2. The van der Waals surface area contributed by atoms with E-state index in [1.165, 1.54) is 4.90 Å². The van der Waals surface area contributed by atoms with Gasteiger partial charge >= 0.3 is 6.03 Å². The molecule has 1 aliphatic carbocycles. The minimum Gasteiger partial charge on any atom is -0.347 e. The lowest BCUT2D eigenvalue weighted by Crippen LogP contribution is -2.42. The zero-order valence-corrected chi connectivity index (χ0v) is 17.6. The van der Waals surface area contributed by atoms with Crippen molar-refractivity contribution in [3.8, 4) is 0 Å².